The Balaban J connectivity index is 1.28. The molecule has 0 saturated carbocycles. The molecule has 148 valence electrons. The summed E-state index contributed by atoms with van der Waals surface area (Å²) in [6.07, 6.45) is 0. The molecule has 1 N–H and O–H groups in total. The molecule has 4 rings (SSSR count). The molecular weight excluding hydrogens is 378 g/mol. The molecular formula is C21H24ClN3O3. The van der Waals surface area contributed by atoms with Crippen LogP contribution in [0, 0.1) is 0 Å². The van der Waals surface area contributed by atoms with Crippen LogP contribution in [0.3, 0.4) is 0 Å². The largest absolute Gasteiger partial charge is 0.454 e. The number of benzene rings is 2. The Labute approximate surface area is 170 Å². The van der Waals surface area contributed by atoms with Gasteiger partial charge in [-0.2, -0.15) is 0 Å². The summed E-state index contributed by atoms with van der Waals surface area (Å²) >= 11 is 6.14. The number of halogens is 1. The highest BCUT2D eigenvalue weighted by Gasteiger charge is 2.26. The molecule has 1 fully saturated rings. The Hall–Kier alpha value is -2.28. The zero-order valence-corrected chi connectivity index (χ0v) is 16.6. The molecule has 0 bridgehead atoms. The van der Waals surface area contributed by atoms with Gasteiger partial charge in [0.15, 0.2) is 11.5 Å². The van der Waals surface area contributed by atoms with E-state index in [1.165, 1.54) is 5.56 Å². The van der Waals surface area contributed by atoms with Crippen molar-refractivity contribution in [3.05, 3.63) is 53.1 Å². The minimum absolute atomic E-state index is 0.0303. The molecule has 0 radical (unpaired) electrons. The van der Waals surface area contributed by atoms with Crippen LogP contribution in [0.25, 0.3) is 0 Å². The average Bonchev–Trinajstić information content (AvgIpc) is 3.17. The van der Waals surface area contributed by atoms with Crippen molar-refractivity contribution in [1.82, 2.24) is 9.80 Å². The van der Waals surface area contributed by atoms with E-state index in [2.05, 4.69) is 21.2 Å². The van der Waals surface area contributed by atoms with E-state index in [0.29, 0.717) is 17.5 Å². The second-order valence-corrected chi connectivity index (χ2v) is 7.55. The first kappa shape index (κ1) is 19.1. The number of carbonyl (C=O) groups excluding carboxylic acids is 1. The van der Waals surface area contributed by atoms with Crippen LogP contribution in [-0.2, 0) is 11.3 Å². The number of hydrogen-bond donors (Lipinski definition) is 1. The van der Waals surface area contributed by atoms with Gasteiger partial charge in [0, 0.05) is 32.7 Å². The number of ether oxygens (including phenoxy) is 2. The molecule has 1 saturated heterocycles. The van der Waals surface area contributed by atoms with Crippen molar-refractivity contribution < 1.29 is 14.3 Å². The molecule has 1 amide bonds. The molecule has 2 aromatic carbocycles. The summed E-state index contributed by atoms with van der Waals surface area (Å²) in [4.78, 5) is 17.2. The number of hydrogen-bond acceptors (Lipinski definition) is 5. The van der Waals surface area contributed by atoms with Gasteiger partial charge in [0.1, 0.15) is 0 Å². The lowest BCUT2D eigenvalue weighted by Crippen LogP contribution is -2.52. The number of anilines is 1. The quantitative estimate of drug-likeness (QED) is 0.833. The molecule has 0 spiro atoms. The Kier molecular flexibility index (Phi) is 5.71. The molecule has 2 heterocycles. The predicted molar refractivity (Wildman–Crippen MR) is 109 cm³/mol. The highest BCUT2D eigenvalue weighted by atomic mass is 35.5. The molecule has 2 aliphatic heterocycles. The van der Waals surface area contributed by atoms with Gasteiger partial charge in [-0.15, -0.1) is 0 Å². The highest BCUT2D eigenvalue weighted by Crippen LogP contribution is 2.32. The second kappa shape index (κ2) is 8.39. The first-order valence-electron chi connectivity index (χ1n) is 9.50. The monoisotopic (exact) mass is 401 g/mol. The smallest absolute Gasteiger partial charge is 0.241 e. The summed E-state index contributed by atoms with van der Waals surface area (Å²) in [6, 6.07) is 13.2. The minimum atomic E-state index is -0.205. The van der Waals surface area contributed by atoms with Crippen LogP contribution in [-0.4, -0.2) is 54.7 Å². The van der Waals surface area contributed by atoms with E-state index in [-0.39, 0.29) is 11.9 Å². The standard InChI is InChI=1S/C21H24ClN3O3/c1-15(21(26)23-18-5-3-2-4-17(18)22)25-10-8-24(9-11-25)13-16-6-7-19-20(12-16)28-14-27-19/h2-7,12,15H,8-11,13-14H2,1H3,(H,23,26)/t15-/m0/s1. The van der Waals surface area contributed by atoms with E-state index in [0.717, 1.165) is 44.2 Å². The first-order valence-corrected chi connectivity index (χ1v) is 9.88. The topological polar surface area (TPSA) is 54.0 Å². The lowest BCUT2D eigenvalue weighted by molar-refractivity contribution is -0.121. The summed E-state index contributed by atoms with van der Waals surface area (Å²) in [5, 5.41) is 3.48. The van der Waals surface area contributed by atoms with Gasteiger partial charge in [-0.25, -0.2) is 0 Å². The van der Waals surface area contributed by atoms with Crippen LogP contribution in [0.5, 0.6) is 11.5 Å². The highest BCUT2D eigenvalue weighted by molar-refractivity contribution is 6.33. The number of para-hydroxylation sites is 1. The third-order valence-electron chi connectivity index (χ3n) is 5.31. The van der Waals surface area contributed by atoms with Gasteiger partial charge < -0.3 is 14.8 Å². The number of nitrogens with one attached hydrogen (secondary N) is 1. The fourth-order valence-electron chi connectivity index (χ4n) is 3.57. The van der Waals surface area contributed by atoms with E-state index < -0.39 is 0 Å². The Bertz CT molecular complexity index is 853. The number of nitrogens with zero attached hydrogens (tertiary/aromatic N) is 2. The van der Waals surface area contributed by atoms with Crippen molar-refractivity contribution in [2.75, 3.05) is 38.3 Å². The Morgan fingerprint density at radius 1 is 1.11 bits per heavy atom. The van der Waals surface area contributed by atoms with Crippen molar-refractivity contribution in [1.29, 1.82) is 0 Å². The van der Waals surface area contributed by atoms with E-state index in [1.54, 1.807) is 6.07 Å². The van der Waals surface area contributed by atoms with Crippen LogP contribution in [0.4, 0.5) is 5.69 Å². The Morgan fingerprint density at radius 2 is 1.86 bits per heavy atom. The fourth-order valence-corrected chi connectivity index (χ4v) is 3.75. The van der Waals surface area contributed by atoms with Crippen LogP contribution in [0.15, 0.2) is 42.5 Å². The molecule has 2 aliphatic rings. The van der Waals surface area contributed by atoms with Gasteiger partial charge >= 0.3 is 0 Å². The molecule has 2 aromatic rings. The van der Waals surface area contributed by atoms with E-state index in [4.69, 9.17) is 21.1 Å². The van der Waals surface area contributed by atoms with Gasteiger partial charge in [-0.1, -0.05) is 29.8 Å². The molecule has 28 heavy (non-hydrogen) atoms. The maximum absolute atomic E-state index is 12.6. The van der Waals surface area contributed by atoms with Crippen LogP contribution < -0.4 is 14.8 Å². The number of carbonyl (C=O) groups is 1. The van der Waals surface area contributed by atoms with Crippen LogP contribution in [0.1, 0.15) is 12.5 Å². The van der Waals surface area contributed by atoms with Crippen molar-refractivity contribution in [3.63, 3.8) is 0 Å². The molecule has 7 heteroatoms. The maximum Gasteiger partial charge on any atom is 0.241 e. The molecule has 0 aromatic heterocycles. The first-order chi connectivity index (χ1) is 13.6. The zero-order valence-electron chi connectivity index (χ0n) is 15.9. The minimum Gasteiger partial charge on any atom is -0.454 e. The predicted octanol–water partition coefficient (Wildman–Crippen LogP) is 3.21. The summed E-state index contributed by atoms with van der Waals surface area (Å²) in [7, 11) is 0. The SMILES string of the molecule is C[C@@H](C(=O)Nc1ccccc1Cl)N1CCN(Cc2ccc3c(c2)OCO3)CC1. The third kappa shape index (κ3) is 4.24. The zero-order chi connectivity index (χ0) is 19.5. The second-order valence-electron chi connectivity index (χ2n) is 7.14. The molecule has 0 aliphatic carbocycles. The van der Waals surface area contributed by atoms with E-state index in [9.17, 15) is 4.79 Å². The summed E-state index contributed by atoms with van der Waals surface area (Å²) in [5.74, 6) is 1.60. The van der Waals surface area contributed by atoms with Crippen LogP contribution in [0.2, 0.25) is 5.02 Å². The maximum atomic E-state index is 12.6. The lowest BCUT2D eigenvalue weighted by Gasteiger charge is -2.37. The molecule has 6 nitrogen and oxygen atoms in total. The number of rotatable bonds is 5. The van der Waals surface area contributed by atoms with Crippen LogP contribution >= 0.6 is 11.6 Å². The summed E-state index contributed by atoms with van der Waals surface area (Å²) in [6.45, 7) is 6.63. The average molecular weight is 402 g/mol. The van der Waals surface area contributed by atoms with Gasteiger partial charge in [0.2, 0.25) is 12.7 Å². The van der Waals surface area contributed by atoms with E-state index >= 15 is 0 Å². The normalized spacial score (nSPS) is 18.1. The number of fused-ring (bicyclic) bond motifs is 1. The lowest BCUT2D eigenvalue weighted by atomic mass is 10.1. The van der Waals surface area contributed by atoms with Crippen molar-refractivity contribution in [2.24, 2.45) is 0 Å². The summed E-state index contributed by atoms with van der Waals surface area (Å²) in [5.41, 5.74) is 1.87. The summed E-state index contributed by atoms with van der Waals surface area (Å²) < 4.78 is 10.8. The Morgan fingerprint density at radius 3 is 2.64 bits per heavy atom. The number of piperazine rings is 1. The van der Waals surface area contributed by atoms with Crippen molar-refractivity contribution in [3.8, 4) is 11.5 Å². The molecule has 1 atom stereocenters. The fraction of sp³-hybridized carbons (Fsp3) is 0.381. The van der Waals surface area contributed by atoms with E-state index in [1.807, 2.05) is 37.3 Å². The van der Waals surface area contributed by atoms with Gasteiger partial charge in [0.05, 0.1) is 16.8 Å². The van der Waals surface area contributed by atoms with Crippen molar-refractivity contribution in [2.45, 2.75) is 19.5 Å². The third-order valence-corrected chi connectivity index (χ3v) is 5.64. The van der Waals surface area contributed by atoms with Gasteiger partial charge in [-0.05, 0) is 36.8 Å². The number of amides is 1. The van der Waals surface area contributed by atoms with Gasteiger partial charge in [-0.3, -0.25) is 14.6 Å². The van der Waals surface area contributed by atoms with Gasteiger partial charge in [0.25, 0.3) is 0 Å². The van der Waals surface area contributed by atoms with Crippen molar-refractivity contribution >= 4 is 23.2 Å². The molecule has 0 unspecified atom stereocenters.